The Labute approximate surface area is 114 Å². The van der Waals surface area contributed by atoms with E-state index >= 15 is 0 Å². The molecule has 1 fully saturated rings. The standard InChI is InChI=1S/C14H22N2O3/c1-19-13-4-2-3-12(14(13)18)11-16-7-5-15(6-8-16)9-10-17/h2-4,17-18H,5-11H2,1H3. The second-order valence-electron chi connectivity index (χ2n) is 4.81. The van der Waals surface area contributed by atoms with Crippen molar-refractivity contribution >= 4 is 0 Å². The van der Waals surface area contributed by atoms with Crippen molar-refractivity contribution < 1.29 is 14.9 Å². The first-order valence-corrected chi connectivity index (χ1v) is 6.65. The molecule has 2 N–H and O–H groups in total. The molecular weight excluding hydrogens is 244 g/mol. The van der Waals surface area contributed by atoms with Crippen LogP contribution in [0.5, 0.6) is 11.5 Å². The SMILES string of the molecule is COc1cccc(CN2CCN(CCO)CC2)c1O. The zero-order chi connectivity index (χ0) is 13.7. The number of piperazine rings is 1. The Bertz CT molecular complexity index is 404. The summed E-state index contributed by atoms with van der Waals surface area (Å²) in [5.41, 5.74) is 0.898. The van der Waals surface area contributed by atoms with Crippen molar-refractivity contribution in [2.24, 2.45) is 0 Å². The summed E-state index contributed by atoms with van der Waals surface area (Å²) in [6.45, 7) is 5.54. The maximum atomic E-state index is 10.1. The molecule has 2 rings (SSSR count). The highest BCUT2D eigenvalue weighted by atomic mass is 16.5. The predicted molar refractivity (Wildman–Crippen MR) is 73.5 cm³/mol. The molecule has 106 valence electrons. The van der Waals surface area contributed by atoms with Crippen molar-refractivity contribution in [3.63, 3.8) is 0 Å². The minimum atomic E-state index is 0.219. The number of aliphatic hydroxyl groups excluding tert-OH is 1. The fraction of sp³-hybridized carbons (Fsp3) is 0.571. The minimum absolute atomic E-state index is 0.219. The topological polar surface area (TPSA) is 56.2 Å². The number of aliphatic hydroxyl groups is 1. The second kappa shape index (κ2) is 6.75. The van der Waals surface area contributed by atoms with Crippen molar-refractivity contribution in [2.45, 2.75) is 6.54 Å². The van der Waals surface area contributed by atoms with Gasteiger partial charge < -0.3 is 14.9 Å². The van der Waals surface area contributed by atoms with E-state index < -0.39 is 0 Å². The Hall–Kier alpha value is -1.30. The zero-order valence-electron chi connectivity index (χ0n) is 11.4. The summed E-state index contributed by atoms with van der Waals surface area (Å²) < 4.78 is 5.12. The van der Waals surface area contributed by atoms with Crippen molar-refractivity contribution in [2.75, 3.05) is 46.4 Å². The highest BCUT2D eigenvalue weighted by Crippen LogP contribution is 2.30. The van der Waals surface area contributed by atoms with Crippen LogP contribution in [0.4, 0.5) is 0 Å². The number of nitrogens with zero attached hydrogens (tertiary/aromatic N) is 2. The first-order chi connectivity index (χ1) is 9.24. The molecule has 5 nitrogen and oxygen atoms in total. The fourth-order valence-electron chi connectivity index (χ4n) is 2.41. The number of para-hydroxylation sites is 1. The fourth-order valence-corrected chi connectivity index (χ4v) is 2.41. The molecule has 1 aliphatic rings. The largest absolute Gasteiger partial charge is 0.504 e. The molecule has 0 bridgehead atoms. The van der Waals surface area contributed by atoms with Crippen molar-refractivity contribution in [3.8, 4) is 11.5 Å². The number of benzene rings is 1. The maximum absolute atomic E-state index is 10.1. The number of rotatable bonds is 5. The van der Waals surface area contributed by atoms with Gasteiger partial charge in [0, 0.05) is 44.8 Å². The molecule has 1 heterocycles. The summed E-state index contributed by atoms with van der Waals surface area (Å²) in [7, 11) is 1.56. The highest BCUT2D eigenvalue weighted by Gasteiger charge is 2.18. The van der Waals surface area contributed by atoms with Gasteiger partial charge in [-0.2, -0.15) is 0 Å². The molecule has 1 aromatic rings. The van der Waals surface area contributed by atoms with Crippen LogP contribution in [0.15, 0.2) is 18.2 Å². The lowest BCUT2D eigenvalue weighted by atomic mass is 10.1. The summed E-state index contributed by atoms with van der Waals surface area (Å²) in [5, 5.41) is 19.0. The normalized spacial score (nSPS) is 17.6. The van der Waals surface area contributed by atoms with E-state index in [0.717, 1.165) is 44.8 Å². The van der Waals surface area contributed by atoms with E-state index in [4.69, 9.17) is 9.84 Å². The molecule has 0 aromatic heterocycles. The Morgan fingerprint density at radius 2 is 1.84 bits per heavy atom. The molecule has 0 radical (unpaired) electrons. The number of β-amino-alcohol motifs (C(OH)–C–C–N with tert-alkyl or cyclic N) is 1. The predicted octanol–water partition coefficient (Wildman–Crippen LogP) is 0.511. The van der Waals surface area contributed by atoms with Crippen LogP contribution in [0.1, 0.15) is 5.56 Å². The molecule has 0 spiro atoms. The van der Waals surface area contributed by atoms with E-state index in [1.165, 1.54) is 0 Å². The highest BCUT2D eigenvalue weighted by molar-refractivity contribution is 5.45. The van der Waals surface area contributed by atoms with Crippen LogP contribution in [0.2, 0.25) is 0 Å². The molecule has 0 amide bonds. The number of hydrogen-bond donors (Lipinski definition) is 2. The van der Waals surface area contributed by atoms with Gasteiger partial charge in [-0.15, -0.1) is 0 Å². The number of phenolic OH excluding ortho intramolecular Hbond substituents is 1. The molecule has 5 heteroatoms. The van der Waals surface area contributed by atoms with Gasteiger partial charge >= 0.3 is 0 Å². The van der Waals surface area contributed by atoms with Crippen LogP contribution in [0.3, 0.4) is 0 Å². The van der Waals surface area contributed by atoms with E-state index in [0.29, 0.717) is 5.75 Å². The number of ether oxygens (including phenoxy) is 1. The van der Waals surface area contributed by atoms with Gasteiger partial charge in [0.25, 0.3) is 0 Å². The summed E-state index contributed by atoms with van der Waals surface area (Å²) in [6, 6.07) is 5.59. The van der Waals surface area contributed by atoms with Gasteiger partial charge in [-0.25, -0.2) is 0 Å². The zero-order valence-corrected chi connectivity index (χ0v) is 11.4. The summed E-state index contributed by atoms with van der Waals surface area (Å²) in [4.78, 5) is 4.56. The molecule has 0 saturated carbocycles. The van der Waals surface area contributed by atoms with E-state index in [1.54, 1.807) is 13.2 Å². The van der Waals surface area contributed by atoms with E-state index in [1.807, 2.05) is 12.1 Å². The van der Waals surface area contributed by atoms with Crippen LogP contribution in [-0.4, -0.2) is 66.5 Å². The molecule has 0 aliphatic carbocycles. The van der Waals surface area contributed by atoms with Crippen molar-refractivity contribution in [3.05, 3.63) is 23.8 Å². The Balaban J connectivity index is 1.92. The molecule has 1 saturated heterocycles. The van der Waals surface area contributed by atoms with Crippen LogP contribution in [0.25, 0.3) is 0 Å². The van der Waals surface area contributed by atoms with Crippen LogP contribution in [-0.2, 0) is 6.54 Å². The lowest BCUT2D eigenvalue weighted by Crippen LogP contribution is -2.46. The molecule has 0 unspecified atom stereocenters. The number of hydrogen-bond acceptors (Lipinski definition) is 5. The third kappa shape index (κ3) is 3.59. The first-order valence-electron chi connectivity index (χ1n) is 6.65. The molecule has 1 aromatic carbocycles. The quantitative estimate of drug-likeness (QED) is 0.813. The second-order valence-corrected chi connectivity index (χ2v) is 4.81. The van der Waals surface area contributed by atoms with Crippen molar-refractivity contribution in [1.82, 2.24) is 9.80 Å². The lowest BCUT2D eigenvalue weighted by molar-refractivity contribution is 0.108. The van der Waals surface area contributed by atoms with Gasteiger partial charge in [0.1, 0.15) is 0 Å². The average molecular weight is 266 g/mol. The maximum Gasteiger partial charge on any atom is 0.162 e. The first kappa shape index (κ1) is 14.1. The van der Waals surface area contributed by atoms with Gasteiger partial charge in [0.15, 0.2) is 11.5 Å². The van der Waals surface area contributed by atoms with Crippen LogP contribution >= 0.6 is 0 Å². The van der Waals surface area contributed by atoms with Gasteiger partial charge in [0.2, 0.25) is 0 Å². The Kier molecular flexibility index (Phi) is 5.01. The van der Waals surface area contributed by atoms with Crippen LogP contribution < -0.4 is 4.74 Å². The molecule has 0 atom stereocenters. The average Bonchev–Trinajstić information content (AvgIpc) is 2.43. The number of methoxy groups -OCH3 is 1. The molecular formula is C14H22N2O3. The Morgan fingerprint density at radius 3 is 2.47 bits per heavy atom. The lowest BCUT2D eigenvalue weighted by Gasteiger charge is -2.34. The minimum Gasteiger partial charge on any atom is -0.504 e. The summed E-state index contributed by atoms with van der Waals surface area (Å²) in [5.74, 6) is 0.763. The van der Waals surface area contributed by atoms with Gasteiger partial charge in [-0.1, -0.05) is 12.1 Å². The summed E-state index contributed by atoms with van der Waals surface area (Å²) >= 11 is 0. The van der Waals surface area contributed by atoms with E-state index in [-0.39, 0.29) is 12.4 Å². The van der Waals surface area contributed by atoms with Crippen molar-refractivity contribution in [1.29, 1.82) is 0 Å². The summed E-state index contributed by atoms with van der Waals surface area (Å²) in [6.07, 6.45) is 0. The molecule has 1 aliphatic heterocycles. The Morgan fingerprint density at radius 1 is 1.16 bits per heavy atom. The third-order valence-corrected chi connectivity index (χ3v) is 3.58. The third-order valence-electron chi connectivity index (χ3n) is 3.58. The van der Waals surface area contributed by atoms with Gasteiger partial charge in [-0.3, -0.25) is 9.80 Å². The monoisotopic (exact) mass is 266 g/mol. The van der Waals surface area contributed by atoms with Gasteiger partial charge in [0.05, 0.1) is 13.7 Å². The van der Waals surface area contributed by atoms with Crippen LogP contribution in [0, 0.1) is 0 Å². The molecule has 19 heavy (non-hydrogen) atoms. The van der Waals surface area contributed by atoms with Gasteiger partial charge in [-0.05, 0) is 6.07 Å². The number of phenols is 1. The number of aromatic hydroxyl groups is 1. The smallest absolute Gasteiger partial charge is 0.162 e. The van der Waals surface area contributed by atoms with E-state index in [2.05, 4.69) is 9.80 Å². The van der Waals surface area contributed by atoms with E-state index in [9.17, 15) is 5.11 Å².